The zero-order valence-corrected chi connectivity index (χ0v) is 17.2. The van der Waals surface area contributed by atoms with Gasteiger partial charge in [0.2, 0.25) is 0 Å². The highest BCUT2D eigenvalue weighted by Gasteiger charge is 2.05. The molecule has 3 rings (SSSR count). The fraction of sp³-hybridized carbons (Fsp3) is 0.182. The van der Waals surface area contributed by atoms with Crippen molar-refractivity contribution >= 4 is 35.6 Å². The number of ether oxygens (including phenoxy) is 1. The Balaban J connectivity index is 0.00000261. The summed E-state index contributed by atoms with van der Waals surface area (Å²) in [4.78, 5) is 0. The van der Waals surface area contributed by atoms with Crippen molar-refractivity contribution in [3.05, 3.63) is 99.5 Å². The predicted octanol–water partition coefficient (Wildman–Crippen LogP) is 6.33. The van der Waals surface area contributed by atoms with Gasteiger partial charge in [-0.3, -0.25) is 0 Å². The molecule has 5 heteroatoms. The normalized spacial score (nSPS) is 10.3. The average Bonchev–Trinajstić information content (AvgIpc) is 2.66. The predicted molar refractivity (Wildman–Crippen MR) is 116 cm³/mol. The molecular weight excluding hydrogens is 401 g/mol. The van der Waals surface area contributed by atoms with Crippen LogP contribution < -0.4 is 10.1 Å². The zero-order valence-electron chi connectivity index (χ0n) is 14.8. The fourth-order valence-corrected chi connectivity index (χ4v) is 3.20. The van der Waals surface area contributed by atoms with E-state index in [1.54, 1.807) is 6.07 Å². The molecule has 0 atom stereocenters. The lowest BCUT2D eigenvalue weighted by Gasteiger charge is -2.12. The van der Waals surface area contributed by atoms with Crippen molar-refractivity contribution in [1.82, 2.24) is 5.32 Å². The molecule has 0 unspecified atom stereocenters. The molecule has 27 heavy (non-hydrogen) atoms. The summed E-state index contributed by atoms with van der Waals surface area (Å²) in [5.41, 5.74) is 3.40. The van der Waals surface area contributed by atoms with E-state index in [0.717, 1.165) is 42.0 Å². The van der Waals surface area contributed by atoms with Gasteiger partial charge in [-0.05, 0) is 42.3 Å². The van der Waals surface area contributed by atoms with Crippen LogP contribution in [-0.4, -0.2) is 6.54 Å². The molecule has 0 aliphatic heterocycles. The molecule has 142 valence electrons. The van der Waals surface area contributed by atoms with E-state index in [4.69, 9.17) is 27.9 Å². The molecule has 0 aliphatic rings. The summed E-state index contributed by atoms with van der Waals surface area (Å²) in [6.45, 7) is 2.14. The van der Waals surface area contributed by atoms with Crippen LogP contribution in [0, 0.1) is 0 Å². The molecule has 1 N–H and O–H groups in total. The molecule has 0 heterocycles. The van der Waals surface area contributed by atoms with E-state index in [0.29, 0.717) is 16.7 Å². The molecule has 0 amide bonds. The van der Waals surface area contributed by atoms with Gasteiger partial charge >= 0.3 is 0 Å². The van der Waals surface area contributed by atoms with Gasteiger partial charge in [0, 0.05) is 22.2 Å². The third-order valence-corrected chi connectivity index (χ3v) is 4.70. The van der Waals surface area contributed by atoms with Crippen molar-refractivity contribution < 1.29 is 4.74 Å². The first-order chi connectivity index (χ1) is 12.7. The number of halogens is 3. The first-order valence-corrected chi connectivity index (χ1v) is 9.37. The van der Waals surface area contributed by atoms with Gasteiger partial charge in [0.05, 0.1) is 0 Å². The number of benzene rings is 3. The van der Waals surface area contributed by atoms with E-state index in [1.807, 2.05) is 48.5 Å². The Bertz CT molecular complexity index is 840. The van der Waals surface area contributed by atoms with Crippen LogP contribution >= 0.6 is 35.6 Å². The minimum absolute atomic E-state index is 0. The minimum Gasteiger partial charge on any atom is -0.489 e. The van der Waals surface area contributed by atoms with Crippen molar-refractivity contribution in [3.63, 3.8) is 0 Å². The topological polar surface area (TPSA) is 21.3 Å². The van der Waals surface area contributed by atoms with Gasteiger partial charge in [0.1, 0.15) is 12.4 Å². The summed E-state index contributed by atoms with van der Waals surface area (Å²) >= 11 is 12.2. The Morgan fingerprint density at radius 2 is 1.56 bits per heavy atom. The summed E-state index contributed by atoms with van der Waals surface area (Å²) in [7, 11) is 0. The maximum absolute atomic E-state index is 6.22. The molecule has 0 aliphatic carbocycles. The third-order valence-electron chi connectivity index (χ3n) is 4.11. The lowest BCUT2D eigenvalue weighted by atomic mass is 10.1. The van der Waals surface area contributed by atoms with Crippen molar-refractivity contribution in [3.8, 4) is 5.75 Å². The quantitative estimate of drug-likeness (QED) is 0.428. The maximum atomic E-state index is 6.22. The fourth-order valence-electron chi connectivity index (χ4n) is 2.70. The molecular formula is C22H22Cl3NO. The van der Waals surface area contributed by atoms with Crippen LogP contribution in [0.5, 0.6) is 5.75 Å². The van der Waals surface area contributed by atoms with Crippen LogP contribution in [0.3, 0.4) is 0 Å². The Morgan fingerprint density at radius 3 is 2.33 bits per heavy atom. The summed E-state index contributed by atoms with van der Waals surface area (Å²) in [6.07, 6.45) is 0.850. The van der Waals surface area contributed by atoms with Crippen LogP contribution in [0.1, 0.15) is 16.7 Å². The molecule has 3 aromatic carbocycles. The summed E-state index contributed by atoms with van der Waals surface area (Å²) in [5, 5.41) is 4.84. The molecule has 0 fully saturated rings. The van der Waals surface area contributed by atoms with Crippen LogP contribution in [0.2, 0.25) is 10.0 Å². The van der Waals surface area contributed by atoms with Gasteiger partial charge in [-0.1, -0.05) is 77.8 Å². The first-order valence-electron chi connectivity index (χ1n) is 8.61. The van der Waals surface area contributed by atoms with E-state index in [1.165, 1.54) is 0 Å². The van der Waals surface area contributed by atoms with Gasteiger partial charge in [-0.15, -0.1) is 12.4 Å². The van der Waals surface area contributed by atoms with Crippen molar-refractivity contribution in [1.29, 1.82) is 0 Å². The van der Waals surface area contributed by atoms with Crippen LogP contribution in [0.4, 0.5) is 0 Å². The van der Waals surface area contributed by atoms with Gasteiger partial charge in [-0.2, -0.15) is 0 Å². The molecule has 0 spiro atoms. The second kappa shape index (κ2) is 11.2. The SMILES string of the molecule is Cl.Clc1ccc(CCNCc2ccccc2OCc2ccccc2)c(Cl)c1. The maximum Gasteiger partial charge on any atom is 0.124 e. The molecule has 0 saturated carbocycles. The standard InChI is InChI=1S/C22H21Cl2NO.ClH/c23-20-11-10-18(21(24)14-20)12-13-25-15-19-8-4-5-9-22(19)26-16-17-6-2-1-3-7-17;/h1-11,14,25H,12-13,15-16H2;1H. The monoisotopic (exact) mass is 421 g/mol. The van der Waals surface area contributed by atoms with E-state index in [2.05, 4.69) is 23.5 Å². The molecule has 0 radical (unpaired) electrons. The molecule has 3 aromatic rings. The molecule has 0 saturated heterocycles. The lowest BCUT2D eigenvalue weighted by Crippen LogP contribution is -2.17. The second-order valence-electron chi connectivity index (χ2n) is 6.04. The zero-order chi connectivity index (χ0) is 18.2. The van der Waals surface area contributed by atoms with E-state index in [9.17, 15) is 0 Å². The smallest absolute Gasteiger partial charge is 0.124 e. The van der Waals surface area contributed by atoms with Crippen molar-refractivity contribution in [2.75, 3.05) is 6.54 Å². The number of hydrogen-bond acceptors (Lipinski definition) is 2. The number of hydrogen-bond donors (Lipinski definition) is 1. The highest BCUT2D eigenvalue weighted by molar-refractivity contribution is 6.35. The van der Waals surface area contributed by atoms with Crippen LogP contribution in [-0.2, 0) is 19.6 Å². The number of nitrogens with one attached hydrogen (secondary N) is 1. The first kappa shape index (κ1) is 21.6. The summed E-state index contributed by atoms with van der Waals surface area (Å²) in [6, 6.07) is 23.9. The van der Waals surface area contributed by atoms with Crippen molar-refractivity contribution in [2.45, 2.75) is 19.6 Å². The summed E-state index contributed by atoms with van der Waals surface area (Å²) in [5.74, 6) is 0.911. The lowest BCUT2D eigenvalue weighted by molar-refractivity contribution is 0.302. The van der Waals surface area contributed by atoms with Gasteiger partial charge in [-0.25, -0.2) is 0 Å². The van der Waals surface area contributed by atoms with Crippen LogP contribution in [0.15, 0.2) is 72.8 Å². The largest absolute Gasteiger partial charge is 0.489 e. The molecule has 0 aromatic heterocycles. The molecule has 0 bridgehead atoms. The Labute approximate surface area is 176 Å². The van der Waals surface area contributed by atoms with E-state index < -0.39 is 0 Å². The summed E-state index contributed by atoms with van der Waals surface area (Å²) < 4.78 is 6.00. The number of para-hydroxylation sites is 1. The average molecular weight is 423 g/mol. The van der Waals surface area contributed by atoms with Crippen LogP contribution in [0.25, 0.3) is 0 Å². The Kier molecular flexibility index (Phi) is 8.96. The van der Waals surface area contributed by atoms with Gasteiger partial charge in [0.25, 0.3) is 0 Å². The van der Waals surface area contributed by atoms with E-state index >= 15 is 0 Å². The Morgan fingerprint density at radius 1 is 0.815 bits per heavy atom. The van der Waals surface area contributed by atoms with Crippen molar-refractivity contribution in [2.24, 2.45) is 0 Å². The van der Waals surface area contributed by atoms with Gasteiger partial charge in [0.15, 0.2) is 0 Å². The van der Waals surface area contributed by atoms with Gasteiger partial charge < -0.3 is 10.1 Å². The molecule has 2 nitrogen and oxygen atoms in total. The third kappa shape index (κ3) is 6.75. The highest BCUT2D eigenvalue weighted by atomic mass is 35.5. The minimum atomic E-state index is 0. The highest BCUT2D eigenvalue weighted by Crippen LogP contribution is 2.22. The second-order valence-corrected chi connectivity index (χ2v) is 6.89. The number of rotatable bonds is 8. The van der Waals surface area contributed by atoms with E-state index in [-0.39, 0.29) is 12.4 Å². The Hall–Kier alpha value is -1.71.